The number of carbonyl (C=O) groups excluding carboxylic acids is 1. The number of hydrogen-bond acceptors (Lipinski definition) is 3. The zero-order valence-electron chi connectivity index (χ0n) is 11.7. The second-order valence-electron chi connectivity index (χ2n) is 4.30. The molecule has 0 unspecified atom stereocenters. The van der Waals surface area contributed by atoms with Crippen LogP contribution < -0.4 is 14.8 Å². The first-order chi connectivity index (χ1) is 8.99. The predicted octanol–water partition coefficient (Wildman–Crippen LogP) is 3.73. The first-order valence-corrected chi connectivity index (χ1v) is 6.77. The summed E-state index contributed by atoms with van der Waals surface area (Å²) in [7, 11) is 0. The van der Waals surface area contributed by atoms with Gasteiger partial charge in [-0.1, -0.05) is 25.4 Å². The lowest BCUT2D eigenvalue weighted by atomic mass is 10.2. The zero-order chi connectivity index (χ0) is 14.4. The molecule has 5 heteroatoms. The average molecular weight is 286 g/mol. The number of rotatable bonds is 6. The first-order valence-electron chi connectivity index (χ1n) is 6.39. The molecule has 1 N–H and O–H groups in total. The maximum atomic E-state index is 11.7. The van der Waals surface area contributed by atoms with Crippen LogP contribution in [0.25, 0.3) is 0 Å². The summed E-state index contributed by atoms with van der Waals surface area (Å²) in [5, 5.41) is 3.21. The summed E-state index contributed by atoms with van der Waals surface area (Å²) in [6.45, 7) is 8.41. The fourth-order valence-corrected chi connectivity index (χ4v) is 1.74. The fraction of sp³-hybridized carbons (Fsp3) is 0.500. The van der Waals surface area contributed by atoms with E-state index in [2.05, 4.69) is 5.32 Å². The van der Waals surface area contributed by atoms with E-state index in [-0.39, 0.29) is 11.8 Å². The highest BCUT2D eigenvalue weighted by molar-refractivity contribution is 6.32. The summed E-state index contributed by atoms with van der Waals surface area (Å²) in [4.78, 5) is 11.7. The van der Waals surface area contributed by atoms with Gasteiger partial charge in [-0.05, 0) is 19.9 Å². The third-order valence-electron chi connectivity index (χ3n) is 2.39. The molecule has 0 aliphatic heterocycles. The minimum atomic E-state index is -0.0964. The van der Waals surface area contributed by atoms with Crippen LogP contribution in [0.3, 0.4) is 0 Å². The lowest BCUT2D eigenvalue weighted by Crippen LogP contribution is -2.17. The Morgan fingerprint density at radius 3 is 2.42 bits per heavy atom. The molecule has 0 spiro atoms. The van der Waals surface area contributed by atoms with Crippen molar-refractivity contribution >= 4 is 23.2 Å². The van der Waals surface area contributed by atoms with E-state index in [9.17, 15) is 4.79 Å². The van der Waals surface area contributed by atoms with Gasteiger partial charge in [0.25, 0.3) is 0 Å². The molecule has 0 aromatic heterocycles. The molecule has 0 fully saturated rings. The molecule has 106 valence electrons. The monoisotopic (exact) mass is 285 g/mol. The standard InChI is InChI=1S/C14H20ClNO3/c1-5-18-12-8-10(16-14(17)9(3)4)7-11(15)13(12)19-6-2/h7-9H,5-6H2,1-4H3,(H,16,17). The molecule has 0 radical (unpaired) electrons. The Morgan fingerprint density at radius 2 is 1.89 bits per heavy atom. The van der Waals surface area contributed by atoms with Crippen LogP contribution in [0.5, 0.6) is 11.5 Å². The van der Waals surface area contributed by atoms with Crippen molar-refractivity contribution in [2.45, 2.75) is 27.7 Å². The SMILES string of the molecule is CCOc1cc(NC(=O)C(C)C)cc(Cl)c1OCC. The van der Waals surface area contributed by atoms with Crippen molar-refractivity contribution in [3.05, 3.63) is 17.2 Å². The Hall–Kier alpha value is -1.42. The van der Waals surface area contributed by atoms with Crippen molar-refractivity contribution < 1.29 is 14.3 Å². The number of hydrogen-bond donors (Lipinski definition) is 1. The van der Waals surface area contributed by atoms with Gasteiger partial charge in [-0.15, -0.1) is 0 Å². The largest absolute Gasteiger partial charge is 0.490 e. The Bertz CT molecular complexity index is 447. The van der Waals surface area contributed by atoms with Crippen molar-refractivity contribution in [3.8, 4) is 11.5 Å². The highest BCUT2D eigenvalue weighted by atomic mass is 35.5. The van der Waals surface area contributed by atoms with E-state index in [4.69, 9.17) is 21.1 Å². The zero-order valence-corrected chi connectivity index (χ0v) is 12.5. The van der Waals surface area contributed by atoms with Gasteiger partial charge in [0.1, 0.15) is 0 Å². The Labute approximate surface area is 119 Å². The smallest absolute Gasteiger partial charge is 0.226 e. The van der Waals surface area contributed by atoms with E-state index < -0.39 is 0 Å². The van der Waals surface area contributed by atoms with Gasteiger partial charge in [-0.25, -0.2) is 0 Å². The molecule has 0 aliphatic carbocycles. The third-order valence-corrected chi connectivity index (χ3v) is 2.67. The third kappa shape index (κ3) is 4.31. The van der Waals surface area contributed by atoms with Crippen molar-refractivity contribution in [2.75, 3.05) is 18.5 Å². The van der Waals surface area contributed by atoms with E-state index in [1.165, 1.54) is 0 Å². The first kappa shape index (κ1) is 15.6. The number of benzene rings is 1. The quantitative estimate of drug-likeness (QED) is 0.866. The molecule has 0 atom stereocenters. The van der Waals surface area contributed by atoms with E-state index in [0.717, 1.165) is 0 Å². The molecule has 0 saturated heterocycles. The van der Waals surface area contributed by atoms with Crippen molar-refractivity contribution in [1.29, 1.82) is 0 Å². The average Bonchev–Trinajstić information content (AvgIpc) is 2.33. The van der Waals surface area contributed by atoms with E-state index in [0.29, 0.717) is 35.4 Å². The molecule has 0 heterocycles. The molecule has 1 rings (SSSR count). The topological polar surface area (TPSA) is 47.6 Å². The summed E-state index contributed by atoms with van der Waals surface area (Å²) in [5.74, 6) is 0.882. The molecule has 19 heavy (non-hydrogen) atoms. The minimum Gasteiger partial charge on any atom is -0.490 e. The molecule has 1 aromatic carbocycles. The number of amides is 1. The summed E-state index contributed by atoms with van der Waals surface area (Å²) >= 11 is 6.16. The van der Waals surface area contributed by atoms with E-state index >= 15 is 0 Å². The summed E-state index contributed by atoms with van der Waals surface area (Å²) in [6, 6.07) is 3.38. The molecule has 0 bridgehead atoms. The maximum absolute atomic E-state index is 11.7. The van der Waals surface area contributed by atoms with E-state index in [1.807, 2.05) is 27.7 Å². The molecular formula is C14H20ClNO3. The van der Waals surface area contributed by atoms with Crippen molar-refractivity contribution in [3.63, 3.8) is 0 Å². The van der Waals surface area contributed by atoms with Crippen LogP contribution in [0.15, 0.2) is 12.1 Å². The van der Waals surface area contributed by atoms with Gasteiger partial charge in [-0.3, -0.25) is 4.79 Å². The van der Waals surface area contributed by atoms with Crippen molar-refractivity contribution in [1.82, 2.24) is 0 Å². The van der Waals surface area contributed by atoms with Crippen LogP contribution in [0.4, 0.5) is 5.69 Å². The van der Waals surface area contributed by atoms with Gasteiger partial charge in [0.15, 0.2) is 11.5 Å². The maximum Gasteiger partial charge on any atom is 0.226 e. The predicted molar refractivity (Wildman–Crippen MR) is 77.3 cm³/mol. The van der Waals surface area contributed by atoms with Gasteiger partial charge in [-0.2, -0.15) is 0 Å². The molecule has 1 amide bonds. The second-order valence-corrected chi connectivity index (χ2v) is 4.70. The van der Waals surface area contributed by atoms with Gasteiger partial charge in [0.05, 0.1) is 18.2 Å². The number of carbonyl (C=O) groups is 1. The molecule has 0 saturated carbocycles. The van der Waals surface area contributed by atoms with Crippen LogP contribution in [0.1, 0.15) is 27.7 Å². The summed E-state index contributed by atoms with van der Waals surface area (Å²) < 4.78 is 11.0. The number of ether oxygens (including phenoxy) is 2. The van der Waals surface area contributed by atoms with Gasteiger partial charge >= 0.3 is 0 Å². The highest BCUT2D eigenvalue weighted by Crippen LogP contribution is 2.38. The van der Waals surface area contributed by atoms with Crippen molar-refractivity contribution in [2.24, 2.45) is 5.92 Å². The Balaban J connectivity index is 3.05. The lowest BCUT2D eigenvalue weighted by molar-refractivity contribution is -0.118. The Morgan fingerprint density at radius 1 is 1.26 bits per heavy atom. The molecule has 4 nitrogen and oxygen atoms in total. The van der Waals surface area contributed by atoms with Gasteiger partial charge in [0, 0.05) is 17.7 Å². The van der Waals surface area contributed by atoms with Crippen LogP contribution in [0, 0.1) is 5.92 Å². The fourth-order valence-electron chi connectivity index (χ4n) is 1.47. The minimum absolute atomic E-state index is 0.0670. The second kappa shape index (κ2) is 7.24. The van der Waals surface area contributed by atoms with Gasteiger partial charge < -0.3 is 14.8 Å². The molecule has 1 aromatic rings. The van der Waals surface area contributed by atoms with Crippen LogP contribution >= 0.6 is 11.6 Å². The lowest BCUT2D eigenvalue weighted by Gasteiger charge is -2.15. The highest BCUT2D eigenvalue weighted by Gasteiger charge is 2.14. The summed E-state index contributed by atoms with van der Waals surface area (Å²) in [6.07, 6.45) is 0. The van der Waals surface area contributed by atoms with E-state index in [1.54, 1.807) is 12.1 Å². The Kier molecular flexibility index (Phi) is 5.96. The number of halogens is 1. The summed E-state index contributed by atoms with van der Waals surface area (Å²) in [5.41, 5.74) is 0.607. The molecular weight excluding hydrogens is 266 g/mol. The van der Waals surface area contributed by atoms with Crippen LogP contribution in [0.2, 0.25) is 5.02 Å². The molecule has 0 aliphatic rings. The van der Waals surface area contributed by atoms with Gasteiger partial charge in [0.2, 0.25) is 5.91 Å². The van der Waals surface area contributed by atoms with Crippen LogP contribution in [-0.2, 0) is 4.79 Å². The number of nitrogens with one attached hydrogen (secondary N) is 1. The normalized spacial score (nSPS) is 10.4. The number of anilines is 1. The van der Waals surface area contributed by atoms with Crippen LogP contribution in [-0.4, -0.2) is 19.1 Å².